The van der Waals surface area contributed by atoms with E-state index < -0.39 is 0 Å². The highest BCUT2D eigenvalue weighted by atomic mass is 16.5. The Labute approximate surface area is 93.8 Å². The Bertz CT molecular complexity index is 197. The summed E-state index contributed by atoms with van der Waals surface area (Å²) in [6.07, 6.45) is 18.7. The summed E-state index contributed by atoms with van der Waals surface area (Å²) in [5, 5.41) is 0. The van der Waals surface area contributed by atoms with Gasteiger partial charge in [0.05, 0.1) is 13.2 Å². The van der Waals surface area contributed by atoms with Gasteiger partial charge < -0.3 is 4.74 Å². The Balaban J connectivity index is 3.23. The topological polar surface area (TPSA) is 9.23 Å². The van der Waals surface area contributed by atoms with E-state index in [-0.39, 0.29) is 0 Å². The molecule has 0 atom stereocenters. The standard InChI is InChI=1S/C14H22O/c1-3-5-7-9-11-13-15-14-12-10-8-6-4-2/h3-6,9-12H,7-8,13-14H2,1-2H3. The average Bonchev–Trinajstić information content (AvgIpc) is 2.26. The zero-order chi connectivity index (χ0) is 11.2. The van der Waals surface area contributed by atoms with Crippen LogP contribution in [0.1, 0.15) is 26.7 Å². The van der Waals surface area contributed by atoms with Crippen LogP contribution >= 0.6 is 0 Å². The fourth-order valence-corrected chi connectivity index (χ4v) is 0.962. The van der Waals surface area contributed by atoms with Crippen LogP contribution in [-0.2, 0) is 4.74 Å². The smallest absolute Gasteiger partial charge is 0.0651 e. The molecule has 0 aromatic carbocycles. The fourth-order valence-electron chi connectivity index (χ4n) is 0.962. The second-order valence-electron chi connectivity index (χ2n) is 3.09. The molecule has 1 heteroatoms. The fraction of sp³-hybridized carbons (Fsp3) is 0.429. The highest BCUT2D eigenvalue weighted by Crippen LogP contribution is 1.88. The van der Waals surface area contributed by atoms with Gasteiger partial charge in [0.2, 0.25) is 0 Å². The summed E-state index contributed by atoms with van der Waals surface area (Å²) in [6, 6.07) is 0. The van der Waals surface area contributed by atoms with Gasteiger partial charge in [-0.25, -0.2) is 0 Å². The first kappa shape index (κ1) is 13.9. The molecule has 0 aliphatic rings. The van der Waals surface area contributed by atoms with E-state index >= 15 is 0 Å². The molecule has 84 valence electrons. The molecule has 0 aromatic rings. The highest BCUT2D eigenvalue weighted by molar-refractivity contribution is 4.93. The van der Waals surface area contributed by atoms with Crippen LogP contribution in [-0.4, -0.2) is 13.2 Å². The molecule has 0 radical (unpaired) electrons. The summed E-state index contributed by atoms with van der Waals surface area (Å²) in [5.74, 6) is 0. The zero-order valence-corrected chi connectivity index (χ0v) is 9.86. The Morgan fingerprint density at radius 1 is 0.667 bits per heavy atom. The third-order valence-electron chi connectivity index (χ3n) is 1.78. The zero-order valence-electron chi connectivity index (χ0n) is 9.86. The first-order valence-electron chi connectivity index (χ1n) is 5.51. The summed E-state index contributed by atoms with van der Waals surface area (Å²) >= 11 is 0. The molecule has 0 aliphatic carbocycles. The molecule has 0 amide bonds. The van der Waals surface area contributed by atoms with Gasteiger partial charge in [-0.2, -0.15) is 0 Å². The van der Waals surface area contributed by atoms with Crippen LogP contribution in [0.25, 0.3) is 0 Å². The second kappa shape index (κ2) is 12.9. The molecule has 0 aliphatic heterocycles. The van der Waals surface area contributed by atoms with Gasteiger partial charge in [-0.15, -0.1) is 0 Å². The average molecular weight is 206 g/mol. The lowest BCUT2D eigenvalue weighted by Crippen LogP contribution is -1.89. The van der Waals surface area contributed by atoms with Crippen molar-refractivity contribution in [3.8, 4) is 0 Å². The lowest BCUT2D eigenvalue weighted by Gasteiger charge is -1.93. The van der Waals surface area contributed by atoms with E-state index in [1.807, 2.05) is 13.8 Å². The van der Waals surface area contributed by atoms with E-state index in [0.717, 1.165) is 12.8 Å². The molecule has 0 fully saturated rings. The molecule has 0 saturated heterocycles. The van der Waals surface area contributed by atoms with Crippen molar-refractivity contribution in [1.29, 1.82) is 0 Å². The van der Waals surface area contributed by atoms with Crippen molar-refractivity contribution in [2.24, 2.45) is 0 Å². The van der Waals surface area contributed by atoms with Crippen molar-refractivity contribution < 1.29 is 4.74 Å². The van der Waals surface area contributed by atoms with Gasteiger partial charge in [0.1, 0.15) is 0 Å². The molecular formula is C14H22O. The molecule has 0 bridgehead atoms. The van der Waals surface area contributed by atoms with Crippen LogP contribution in [0.5, 0.6) is 0 Å². The minimum atomic E-state index is 0.700. The lowest BCUT2D eigenvalue weighted by atomic mass is 10.3. The largest absolute Gasteiger partial charge is 0.373 e. The Morgan fingerprint density at radius 2 is 1.13 bits per heavy atom. The van der Waals surface area contributed by atoms with Crippen LogP contribution in [0, 0.1) is 0 Å². The number of hydrogen-bond acceptors (Lipinski definition) is 1. The van der Waals surface area contributed by atoms with E-state index in [0.29, 0.717) is 13.2 Å². The van der Waals surface area contributed by atoms with E-state index in [9.17, 15) is 0 Å². The lowest BCUT2D eigenvalue weighted by molar-refractivity contribution is 0.193. The maximum absolute atomic E-state index is 5.37. The van der Waals surface area contributed by atoms with Gasteiger partial charge in [-0.05, 0) is 26.7 Å². The molecular weight excluding hydrogens is 184 g/mol. The molecule has 1 nitrogen and oxygen atoms in total. The maximum atomic E-state index is 5.37. The van der Waals surface area contributed by atoms with Gasteiger partial charge in [0.15, 0.2) is 0 Å². The number of rotatable bonds is 8. The molecule has 0 unspecified atom stereocenters. The van der Waals surface area contributed by atoms with Crippen molar-refractivity contribution in [2.75, 3.05) is 13.2 Å². The molecule has 0 aromatic heterocycles. The maximum Gasteiger partial charge on any atom is 0.0651 e. The highest BCUT2D eigenvalue weighted by Gasteiger charge is 1.78. The molecule has 15 heavy (non-hydrogen) atoms. The SMILES string of the molecule is CC=CCC=CCOCC=CCC=CC. The summed E-state index contributed by atoms with van der Waals surface area (Å²) in [5.41, 5.74) is 0. The van der Waals surface area contributed by atoms with Crippen LogP contribution < -0.4 is 0 Å². The Kier molecular flexibility index (Phi) is 12.0. The Morgan fingerprint density at radius 3 is 1.53 bits per heavy atom. The molecule has 0 rings (SSSR count). The van der Waals surface area contributed by atoms with Gasteiger partial charge in [0.25, 0.3) is 0 Å². The summed E-state index contributed by atoms with van der Waals surface area (Å²) < 4.78 is 5.37. The summed E-state index contributed by atoms with van der Waals surface area (Å²) in [6.45, 7) is 5.46. The van der Waals surface area contributed by atoms with Crippen molar-refractivity contribution >= 4 is 0 Å². The van der Waals surface area contributed by atoms with Gasteiger partial charge in [0, 0.05) is 0 Å². The first-order valence-corrected chi connectivity index (χ1v) is 5.51. The first-order chi connectivity index (χ1) is 7.41. The van der Waals surface area contributed by atoms with Crippen molar-refractivity contribution in [1.82, 2.24) is 0 Å². The van der Waals surface area contributed by atoms with Crippen molar-refractivity contribution in [3.63, 3.8) is 0 Å². The number of ether oxygens (including phenoxy) is 1. The van der Waals surface area contributed by atoms with E-state index in [1.165, 1.54) is 0 Å². The quantitative estimate of drug-likeness (QED) is 0.430. The second-order valence-corrected chi connectivity index (χ2v) is 3.09. The molecule has 0 heterocycles. The van der Waals surface area contributed by atoms with Crippen molar-refractivity contribution in [3.05, 3.63) is 48.6 Å². The van der Waals surface area contributed by atoms with Gasteiger partial charge >= 0.3 is 0 Å². The minimum absolute atomic E-state index is 0.700. The van der Waals surface area contributed by atoms with Crippen LogP contribution in [0.3, 0.4) is 0 Å². The predicted molar refractivity (Wildman–Crippen MR) is 68.0 cm³/mol. The number of hydrogen-bond donors (Lipinski definition) is 0. The predicted octanol–water partition coefficient (Wildman–Crippen LogP) is 4.05. The van der Waals surface area contributed by atoms with E-state index in [4.69, 9.17) is 4.74 Å². The summed E-state index contributed by atoms with van der Waals surface area (Å²) in [7, 11) is 0. The monoisotopic (exact) mass is 206 g/mol. The van der Waals surface area contributed by atoms with Crippen LogP contribution in [0.15, 0.2) is 48.6 Å². The van der Waals surface area contributed by atoms with Crippen LogP contribution in [0.2, 0.25) is 0 Å². The Hall–Kier alpha value is -1.08. The van der Waals surface area contributed by atoms with Gasteiger partial charge in [-0.3, -0.25) is 0 Å². The van der Waals surface area contributed by atoms with E-state index in [1.54, 1.807) is 0 Å². The molecule has 0 saturated carbocycles. The van der Waals surface area contributed by atoms with Gasteiger partial charge in [-0.1, -0.05) is 48.6 Å². The minimum Gasteiger partial charge on any atom is -0.373 e. The third-order valence-corrected chi connectivity index (χ3v) is 1.78. The molecule has 0 spiro atoms. The van der Waals surface area contributed by atoms with Crippen molar-refractivity contribution in [2.45, 2.75) is 26.7 Å². The normalized spacial score (nSPS) is 12.9. The van der Waals surface area contributed by atoms with E-state index in [2.05, 4.69) is 48.6 Å². The molecule has 0 N–H and O–H groups in total. The summed E-state index contributed by atoms with van der Waals surface area (Å²) in [4.78, 5) is 0. The van der Waals surface area contributed by atoms with Crippen LogP contribution in [0.4, 0.5) is 0 Å². The third kappa shape index (κ3) is 12.9. The number of allylic oxidation sites excluding steroid dienone is 6.